The Bertz CT molecular complexity index is 1270. The topological polar surface area (TPSA) is 12.4 Å². The Labute approximate surface area is 188 Å². The molecule has 0 radical (unpaired) electrons. The number of aliphatic imine (C=N–C) groups is 1. The molecule has 0 unspecified atom stereocenters. The van der Waals surface area contributed by atoms with Crippen molar-refractivity contribution in [3.8, 4) is 22.3 Å². The highest BCUT2D eigenvalue weighted by Gasteiger charge is 2.09. The molecule has 2 aromatic carbocycles. The maximum atomic E-state index is 14.2. The van der Waals surface area contributed by atoms with Crippen LogP contribution in [0.5, 0.6) is 0 Å². The summed E-state index contributed by atoms with van der Waals surface area (Å²) >= 11 is 8.01. The zero-order valence-corrected chi connectivity index (χ0v) is 19.0. The second kappa shape index (κ2) is 9.04. The van der Waals surface area contributed by atoms with Crippen LogP contribution in [0.4, 0.5) is 10.1 Å². The lowest BCUT2D eigenvalue weighted by Crippen LogP contribution is -1.85. The van der Waals surface area contributed by atoms with E-state index in [4.69, 9.17) is 0 Å². The first-order chi connectivity index (χ1) is 14.6. The van der Waals surface area contributed by atoms with Crippen LogP contribution in [0.3, 0.4) is 0 Å². The number of thiocarbonyl (C=S) groups is 1. The largest absolute Gasteiger partial charge is 0.205 e. The van der Waals surface area contributed by atoms with Gasteiger partial charge in [0.15, 0.2) is 5.82 Å². The molecular weight excluding hydrogens is 429 g/mol. The maximum Gasteiger partial charge on any atom is 0.151 e. The molecule has 0 bridgehead atoms. The van der Waals surface area contributed by atoms with Gasteiger partial charge in [-0.2, -0.15) is 4.99 Å². The van der Waals surface area contributed by atoms with Gasteiger partial charge in [-0.1, -0.05) is 49.5 Å². The molecule has 0 N–H and O–H groups in total. The zero-order valence-electron chi connectivity index (χ0n) is 16.6. The molecule has 0 spiro atoms. The fourth-order valence-corrected chi connectivity index (χ4v) is 5.64. The summed E-state index contributed by atoms with van der Waals surface area (Å²) < 4.78 is 16.6. The quantitative estimate of drug-likeness (QED) is 0.175. The number of halogens is 1. The summed E-state index contributed by atoms with van der Waals surface area (Å²) in [6, 6.07) is 16.4. The van der Waals surface area contributed by atoms with E-state index in [0.29, 0.717) is 11.1 Å². The van der Waals surface area contributed by atoms with Crippen LogP contribution in [-0.4, -0.2) is 5.16 Å². The van der Waals surface area contributed by atoms with E-state index in [-0.39, 0.29) is 5.69 Å². The van der Waals surface area contributed by atoms with Gasteiger partial charge >= 0.3 is 0 Å². The number of aryl methyl sites for hydroxylation is 2. The van der Waals surface area contributed by atoms with Crippen LogP contribution >= 0.6 is 34.9 Å². The van der Waals surface area contributed by atoms with Crippen molar-refractivity contribution in [2.24, 2.45) is 4.99 Å². The van der Waals surface area contributed by atoms with Crippen molar-refractivity contribution in [2.75, 3.05) is 0 Å². The van der Waals surface area contributed by atoms with Gasteiger partial charge in [0.05, 0.1) is 10.0 Å². The monoisotopic (exact) mass is 447 g/mol. The molecule has 0 aliphatic carbocycles. The van der Waals surface area contributed by atoms with Gasteiger partial charge in [-0.15, -0.1) is 22.7 Å². The van der Waals surface area contributed by atoms with E-state index in [1.54, 1.807) is 29.6 Å². The van der Waals surface area contributed by atoms with Crippen molar-refractivity contribution in [3.05, 3.63) is 75.9 Å². The average Bonchev–Trinajstić information content (AvgIpc) is 3.29. The van der Waals surface area contributed by atoms with Gasteiger partial charge in [0, 0.05) is 19.8 Å². The Balaban J connectivity index is 1.58. The Morgan fingerprint density at radius 1 is 1.00 bits per heavy atom. The number of hydrogen-bond donors (Lipinski definition) is 0. The first-order valence-corrected chi connectivity index (χ1v) is 11.6. The van der Waals surface area contributed by atoms with Crippen LogP contribution in [0.2, 0.25) is 0 Å². The predicted molar refractivity (Wildman–Crippen MR) is 131 cm³/mol. The third-order valence-electron chi connectivity index (χ3n) is 4.73. The lowest BCUT2D eigenvalue weighted by molar-refractivity contribution is 0.628. The normalized spacial score (nSPS) is 10.5. The van der Waals surface area contributed by atoms with Crippen LogP contribution in [0, 0.1) is 24.6 Å². The Hall–Kier alpha value is -2.61. The Morgan fingerprint density at radius 3 is 2.43 bits per heavy atom. The van der Waals surface area contributed by atoms with Crippen molar-refractivity contribution in [1.82, 2.24) is 0 Å². The smallest absolute Gasteiger partial charge is 0.151 e. The van der Waals surface area contributed by atoms with Crippen molar-refractivity contribution >= 4 is 55.1 Å². The lowest BCUT2D eigenvalue weighted by atomic mass is 10.1. The van der Waals surface area contributed by atoms with Crippen LogP contribution < -0.4 is 0 Å². The number of isothiocyanates is 1. The van der Waals surface area contributed by atoms with Gasteiger partial charge in [0.2, 0.25) is 0 Å². The summed E-state index contributed by atoms with van der Waals surface area (Å²) in [6.07, 6.45) is 2.28. The zero-order chi connectivity index (χ0) is 21.1. The van der Waals surface area contributed by atoms with Crippen LogP contribution in [0.1, 0.15) is 34.9 Å². The van der Waals surface area contributed by atoms with Crippen molar-refractivity contribution < 1.29 is 4.39 Å². The fraction of sp³-hybridized carbons (Fsp3) is 0.160. The molecule has 0 aliphatic rings. The average molecular weight is 448 g/mol. The first-order valence-electron chi connectivity index (χ1n) is 9.60. The molecule has 0 saturated carbocycles. The third kappa shape index (κ3) is 4.43. The number of benzene rings is 2. The number of fused-ring (bicyclic) bond motifs is 1. The van der Waals surface area contributed by atoms with E-state index in [0.717, 1.165) is 17.7 Å². The minimum Gasteiger partial charge on any atom is -0.205 e. The van der Waals surface area contributed by atoms with Crippen LogP contribution in [-0.2, 0) is 6.42 Å². The van der Waals surface area contributed by atoms with Crippen molar-refractivity contribution in [2.45, 2.75) is 26.7 Å². The van der Waals surface area contributed by atoms with E-state index < -0.39 is 5.82 Å². The molecule has 0 atom stereocenters. The van der Waals surface area contributed by atoms with E-state index >= 15 is 0 Å². The molecule has 5 heteroatoms. The van der Waals surface area contributed by atoms with E-state index in [9.17, 15) is 4.39 Å². The van der Waals surface area contributed by atoms with Gasteiger partial charge in [0.1, 0.15) is 5.69 Å². The molecule has 2 aromatic heterocycles. The molecule has 2 heterocycles. The van der Waals surface area contributed by atoms with E-state index in [2.05, 4.69) is 77.5 Å². The molecule has 1 nitrogen and oxygen atoms in total. The maximum absolute atomic E-state index is 14.2. The molecule has 4 aromatic rings. The lowest BCUT2D eigenvalue weighted by Gasteiger charge is -2.01. The first kappa shape index (κ1) is 20.7. The summed E-state index contributed by atoms with van der Waals surface area (Å²) in [5.41, 5.74) is 4.17. The second-order valence-electron chi connectivity index (χ2n) is 6.97. The van der Waals surface area contributed by atoms with E-state index in [1.165, 1.54) is 31.5 Å². The molecule has 0 saturated heterocycles. The van der Waals surface area contributed by atoms with Gasteiger partial charge in [-0.3, -0.25) is 0 Å². The molecule has 148 valence electrons. The van der Waals surface area contributed by atoms with Crippen LogP contribution in [0.15, 0.2) is 53.5 Å². The predicted octanol–water partition coefficient (Wildman–Crippen LogP) is 8.16. The molecule has 0 fully saturated rings. The molecule has 30 heavy (non-hydrogen) atoms. The molecule has 0 aliphatic heterocycles. The summed E-state index contributed by atoms with van der Waals surface area (Å²) in [5.74, 6) is 5.80. The highest BCUT2D eigenvalue weighted by Crippen LogP contribution is 2.38. The fourth-order valence-electron chi connectivity index (χ4n) is 3.29. The molecular formula is C25H18FNS3. The SMILES string of the molecule is CCCc1ccc(-c2cc3sc(C#Cc4cc(C)c(N=C=S)c(F)c4)cc3s2)cc1. The van der Waals surface area contributed by atoms with Crippen LogP contribution in [0.25, 0.3) is 19.8 Å². The van der Waals surface area contributed by atoms with Gasteiger partial charge in [-0.25, -0.2) is 4.39 Å². The highest BCUT2D eigenvalue weighted by atomic mass is 32.1. The Morgan fingerprint density at radius 2 is 1.77 bits per heavy atom. The third-order valence-corrected chi connectivity index (χ3v) is 7.07. The summed E-state index contributed by atoms with van der Waals surface area (Å²) in [4.78, 5) is 6.02. The van der Waals surface area contributed by atoms with Crippen molar-refractivity contribution in [1.29, 1.82) is 0 Å². The minimum atomic E-state index is -0.432. The molecule has 0 amide bonds. The van der Waals surface area contributed by atoms with Gasteiger partial charge < -0.3 is 0 Å². The summed E-state index contributed by atoms with van der Waals surface area (Å²) in [6.45, 7) is 3.99. The van der Waals surface area contributed by atoms with Crippen molar-refractivity contribution in [3.63, 3.8) is 0 Å². The summed E-state index contributed by atoms with van der Waals surface area (Å²) in [5, 5.41) is 2.21. The standard InChI is InChI=1S/C25H18FNS3/c1-3-4-17-5-8-19(9-6-17)22-14-24-23(30-22)13-20(29-24)10-7-18-11-16(2)25(27-15-28)21(26)12-18/h5-6,8-9,11-14H,3-4H2,1-2H3. The summed E-state index contributed by atoms with van der Waals surface area (Å²) in [7, 11) is 0. The number of nitrogens with zero attached hydrogens (tertiary/aromatic N) is 1. The Kier molecular flexibility index (Phi) is 6.22. The second-order valence-corrected chi connectivity index (χ2v) is 9.32. The highest BCUT2D eigenvalue weighted by molar-refractivity contribution is 7.78. The van der Waals surface area contributed by atoms with Gasteiger partial charge in [-0.05, 0) is 66.5 Å². The number of rotatable bonds is 4. The number of thiophene rings is 2. The van der Waals surface area contributed by atoms with E-state index in [1.807, 2.05) is 6.07 Å². The number of hydrogen-bond acceptors (Lipinski definition) is 4. The molecule has 4 rings (SSSR count). The minimum absolute atomic E-state index is 0.224. The van der Waals surface area contributed by atoms with Gasteiger partial charge in [0.25, 0.3) is 0 Å².